The van der Waals surface area contributed by atoms with Crippen LogP contribution in [-0.4, -0.2) is 18.1 Å². The monoisotopic (exact) mass is 282 g/mol. The molecule has 0 amide bonds. The third-order valence-corrected chi connectivity index (χ3v) is 8.26. The molecule has 96 valence electrons. The maximum absolute atomic E-state index is 6.36. The summed E-state index contributed by atoms with van der Waals surface area (Å²) in [5.74, 6) is 0. The van der Waals surface area contributed by atoms with Crippen LogP contribution >= 0.6 is 0 Å². The highest BCUT2D eigenvalue weighted by Crippen LogP contribution is 1.98. The van der Waals surface area contributed by atoms with Gasteiger partial charge in [0.15, 0.2) is 0 Å². The lowest BCUT2D eigenvalue weighted by molar-refractivity contribution is 0.631. The van der Waals surface area contributed by atoms with E-state index in [1.807, 2.05) is 23.5 Å². The molecule has 0 aliphatic rings. The summed E-state index contributed by atoms with van der Waals surface area (Å²) in [4.78, 5) is 0. The van der Waals surface area contributed by atoms with Crippen LogP contribution in [0, 0.1) is 0 Å². The molecule has 0 aliphatic heterocycles. The molecule has 1 nitrogen and oxygen atoms in total. The second-order valence-electron chi connectivity index (χ2n) is 4.27. The van der Waals surface area contributed by atoms with Crippen molar-refractivity contribution >= 4 is 28.5 Å². The second-order valence-corrected chi connectivity index (χ2v) is 9.32. The SMILES string of the molecule is C=C[SiH](O[SiH](C=C)c1ccccc1)c1ccccc1. The van der Waals surface area contributed by atoms with Gasteiger partial charge in [-0.15, -0.1) is 13.2 Å². The lowest BCUT2D eigenvalue weighted by atomic mass is 10.4. The Kier molecular flexibility index (Phi) is 5.09. The molecule has 0 saturated heterocycles. The van der Waals surface area contributed by atoms with Gasteiger partial charge in [-0.05, 0) is 10.4 Å². The van der Waals surface area contributed by atoms with Crippen molar-refractivity contribution in [1.82, 2.24) is 0 Å². The summed E-state index contributed by atoms with van der Waals surface area (Å²) in [5.41, 5.74) is 3.98. The first-order valence-electron chi connectivity index (χ1n) is 6.35. The average Bonchev–Trinajstić information content (AvgIpc) is 2.50. The Bertz CT molecular complexity index is 475. The fourth-order valence-electron chi connectivity index (χ4n) is 1.98. The van der Waals surface area contributed by atoms with Gasteiger partial charge in [-0.25, -0.2) is 0 Å². The topological polar surface area (TPSA) is 9.23 Å². The van der Waals surface area contributed by atoms with Crippen molar-refractivity contribution in [1.29, 1.82) is 0 Å². The lowest BCUT2D eigenvalue weighted by Crippen LogP contribution is -2.42. The van der Waals surface area contributed by atoms with E-state index >= 15 is 0 Å². The van der Waals surface area contributed by atoms with E-state index in [0.717, 1.165) is 0 Å². The first kappa shape index (κ1) is 13.7. The molecule has 2 atom stereocenters. The third-order valence-electron chi connectivity index (χ3n) is 2.98. The Morgan fingerprint density at radius 2 is 1.05 bits per heavy atom. The van der Waals surface area contributed by atoms with Gasteiger partial charge in [0.05, 0.1) is 0 Å². The van der Waals surface area contributed by atoms with Gasteiger partial charge < -0.3 is 4.12 Å². The summed E-state index contributed by atoms with van der Waals surface area (Å²) in [6, 6.07) is 20.7. The summed E-state index contributed by atoms with van der Waals surface area (Å²) in [6.07, 6.45) is 0. The predicted molar refractivity (Wildman–Crippen MR) is 87.9 cm³/mol. The molecular weight excluding hydrogens is 264 g/mol. The van der Waals surface area contributed by atoms with Crippen molar-refractivity contribution in [2.24, 2.45) is 0 Å². The van der Waals surface area contributed by atoms with Gasteiger partial charge in [0.25, 0.3) is 0 Å². The van der Waals surface area contributed by atoms with Crippen LogP contribution < -0.4 is 10.4 Å². The van der Waals surface area contributed by atoms with Crippen LogP contribution in [0.15, 0.2) is 85.2 Å². The van der Waals surface area contributed by atoms with E-state index in [1.165, 1.54) is 10.4 Å². The standard InChI is InChI=1S/C16H18OSi2/c1-3-18(15-11-7-5-8-12-15)17-19(4-2)16-13-9-6-10-14-16/h3-14,18-19H,1-2H2. The molecule has 2 unspecified atom stereocenters. The van der Waals surface area contributed by atoms with Crippen LogP contribution in [0.4, 0.5) is 0 Å². The number of hydrogen-bond donors (Lipinski definition) is 0. The molecule has 0 heterocycles. The number of hydrogen-bond acceptors (Lipinski definition) is 1. The minimum Gasteiger partial charge on any atom is -0.447 e. The molecule has 3 heteroatoms. The molecule has 0 saturated carbocycles. The van der Waals surface area contributed by atoms with E-state index in [2.05, 4.69) is 61.7 Å². The quantitative estimate of drug-likeness (QED) is 0.733. The van der Waals surface area contributed by atoms with Crippen LogP contribution in [0.1, 0.15) is 0 Å². The van der Waals surface area contributed by atoms with Gasteiger partial charge in [-0.2, -0.15) is 0 Å². The van der Waals surface area contributed by atoms with Gasteiger partial charge in [-0.1, -0.05) is 72.1 Å². The average molecular weight is 282 g/mol. The van der Waals surface area contributed by atoms with Gasteiger partial charge >= 0.3 is 0 Å². The maximum atomic E-state index is 6.36. The second kappa shape index (κ2) is 7.04. The van der Waals surface area contributed by atoms with Crippen molar-refractivity contribution in [2.45, 2.75) is 0 Å². The van der Waals surface area contributed by atoms with Gasteiger partial charge in [0.1, 0.15) is 0 Å². The zero-order chi connectivity index (χ0) is 13.5. The molecule has 0 fully saturated rings. The lowest BCUT2D eigenvalue weighted by Gasteiger charge is -2.19. The van der Waals surface area contributed by atoms with Gasteiger partial charge in [0, 0.05) is 0 Å². The Morgan fingerprint density at radius 3 is 1.37 bits per heavy atom. The largest absolute Gasteiger partial charge is 0.447 e. The Hall–Kier alpha value is -1.69. The summed E-state index contributed by atoms with van der Waals surface area (Å²) in [7, 11) is -3.12. The fraction of sp³-hybridized carbons (Fsp3) is 0. The first-order chi connectivity index (χ1) is 9.35. The normalized spacial score (nSPS) is 13.5. The van der Waals surface area contributed by atoms with E-state index in [9.17, 15) is 0 Å². The van der Waals surface area contributed by atoms with Gasteiger partial charge in [-0.3, -0.25) is 0 Å². The van der Waals surface area contributed by atoms with Crippen molar-refractivity contribution in [3.8, 4) is 0 Å². The van der Waals surface area contributed by atoms with Crippen LogP contribution in [0.5, 0.6) is 0 Å². The number of rotatable bonds is 6. The molecule has 2 aromatic rings. The molecule has 0 aromatic heterocycles. The summed E-state index contributed by atoms with van der Waals surface area (Å²) in [6.45, 7) is 7.89. The first-order valence-corrected chi connectivity index (χ1v) is 9.78. The fourth-order valence-corrected chi connectivity index (χ4v) is 7.14. The third kappa shape index (κ3) is 3.64. The van der Waals surface area contributed by atoms with Crippen LogP contribution in [0.3, 0.4) is 0 Å². The van der Waals surface area contributed by atoms with Crippen LogP contribution in [0.25, 0.3) is 0 Å². The molecule has 0 radical (unpaired) electrons. The van der Waals surface area contributed by atoms with Crippen molar-refractivity contribution in [3.05, 3.63) is 85.2 Å². The molecule has 19 heavy (non-hydrogen) atoms. The highest BCUT2D eigenvalue weighted by atomic mass is 28.4. The highest BCUT2D eigenvalue weighted by Gasteiger charge is 2.17. The zero-order valence-corrected chi connectivity index (χ0v) is 13.2. The summed E-state index contributed by atoms with van der Waals surface area (Å²) < 4.78 is 6.36. The molecule has 0 aliphatic carbocycles. The molecule has 2 aromatic carbocycles. The zero-order valence-electron chi connectivity index (χ0n) is 10.9. The van der Waals surface area contributed by atoms with E-state index in [0.29, 0.717) is 0 Å². The van der Waals surface area contributed by atoms with E-state index in [1.54, 1.807) is 0 Å². The molecule has 0 spiro atoms. The van der Waals surface area contributed by atoms with Gasteiger partial charge in [0.2, 0.25) is 18.1 Å². The Balaban J connectivity index is 2.17. The minimum atomic E-state index is -1.56. The minimum absolute atomic E-state index is 1.27. The van der Waals surface area contributed by atoms with E-state index in [4.69, 9.17) is 4.12 Å². The molecular formula is C16H18OSi2. The van der Waals surface area contributed by atoms with E-state index in [-0.39, 0.29) is 0 Å². The Labute approximate surface area is 118 Å². The summed E-state index contributed by atoms with van der Waals surface area (Å²) in [5, 5.41) is 2.54. The van der Waals surface area contributed by atoms with Crippen LogP contribution in [0.2, 0.25) is 0 Å². The highest BCUT2D eigenvalue weighted by molar-refractivity contribution is 6.84. The van der Waals surface area contributed by atoms with Crippen LogP contribution in [-0.2, 0) is 4.12 Å². The van der Waals surface area contributed by atoms with Crippen molar-refractivity contribution in [2.75, 3.05) is 0 Å². The predicted octanol–water partition coefficient (Wildman–Crippen LogP) is 1.72. The molecule has 0 bridgehead atoms. The molecule has 0 N–H and O–H groups in total. The van der Waals surface area contributed by atoms with Crippen molar-refractivity contribution in [3.63, 3.8) is 0 Å². The Morgan fingerprint density at radius 1 is 0.684 bits per heavy atom. The number of benzene rings is 2. The maximum Gasteiger partial charge on any atom is 0.220 e. The smallest absolute Gasteiger partial charge is 0.220 e. The van der Waals surface area contributed by atoms with E-state index < -0.39 is 18.1 Å². The molecule has 2 rings (SSSR count). The summed E-state index contributed by atoms with van der Waals surface area (Å²) >= 11 is 0. The van der Waals surface area contributed by atoms with Crippen molar-refractivity contribution < 1.29 is 4.12 Å².